The molecule has 0 radical (unpaired) electrons. The van der Waals surface area contributed by atoms with Crippen LogP contribution in [-0.2, 0) is 4.74 Å². The van der Waals surface area contributed by atoms with E-state index in [1.807, 2.05) is 16.8 Å². The molecule has 1 aromatic heterocycles. The Balaban J connectivity index is 2.21. The summed E-state index contributed by atoms with van der Waals surface area (Å²) in [5.74, 6) is 0.680. The van der Waals surface area contributed by atoms with Gasteiger partial charge in [-0.3, -0.25) is 0 Å². The van der Waals surface area contributed by atoms with Crippen LogP contribution in [0.25, 0.3) is 0 Å². The lowest BCUT2D eigenvalue weighted by Gasteiger charge is -2.11. The number of aliphatic hydroxyl groups is 1. The van der Waals surface area contributed by atoms with Gasteiger partial charge in [0.2, 0.25) is 0 Å². The molecule has 1 unspecified atom stereocenters. The summed E-state index contributed by atoms with van der Waals surface area (Å²) in [6, 6.07) is 0. The first-order valence-corrected chi connectivity index (χ1v) is 5.75. The molecular formula is C9H9BrO2S. The molecule has 0 aromatic carbocycles. The second-order valence-corrected chi connectivity index (χ2v) is 4.42. The van der Waals surface area contributed by atoms with Crippen LogP contribution in [-0.4, -0.2) is 11.7 Å². The minimum Gasteiger partial charge on any atom is -0.495 e. The van der Waals surface area contributed by atoms with Gasteiger partial charge in [-0.1, -0.05) is 0 Å². The summed E-state index contributed by atoms with van der Waals surface area (Å²) in [5.41, 5.74) is 0.887. The van der Waals surface area contributed by atoms with E-state index in [9.17, 15) is 5.11 Å². The van der Waals surface area contributed by atoms with E-state index in [-0.39, 0.29) is 0 Å². The predicted octanol–water partition coefficient (Wildman–Crippen LogP) is 2.85. The third kappa shape index (κ3) is 1.80. The highest BCUT2D eigenvalue weighted by Gasteiger charge is 2.20. The van der Waals surface area contributed by atoms with E-state index in [1.54, 1.807) is 11.3 Å². The molecular weight excluding hydrogens is 252 g/mol. The Morgan fingerprint density at radius 1 is 1.54 bits per heavy atom. The zero-order valence-corrected chi connectivity index (χ0v) is 9.27. The standard InChI is InChI=1S/C9H9BrO2S/c10-7-5-13-4-6(7)9(11)8-2-1-3-12-8/h2,4-5,9,11H,1,3H2. The molecule has 2 rings (SSSR count). The van der Waals surface area contributed by atoms with Gasteiger partial charge >= 0.3 is 0 Å². The van der Waals surface area contributed by atoms with Crippen LogP contribution in [0.1, 0.15) is 18.1 Å². The molecule has 1 atom stereocenters. The third-order valence-corrected chi connectivity index (χ3v) is 3.69. The van der Waals surface area contributed by atoms with Crippen molar-refractivity contribution in [3.05, 3.63) is 32.6 Å². The predicted molar refractivity (Wildman–Crippen MR) is 55.6 cm³/mol. The van der Waals surface area contributed by atoms with Gasteiger partial charge in [0, 0.05) is 21.8 Å². The molecule has 0 fully saturated rings. The lowest BCUT2D eigenvalue weighted by Crippen LogP contribution is -2.01. The van der Waals surface area contributed by atoms with E-state index in [0.29, 0.717) is 12.4 Å². The maximum absolute atomic E-state index is 9.87. The van der Waals surface area contributed by atoms with Gasteiger partial charge in [-0.15, -0.1) is 0 Å². The van der Waals surface area contributed by atoms with Crippen molar-refractivity contribution in [1.82, 2.24) is 0 Å². The first-order valence-electron chi connectivity index (χ1n) is 4.01. The molecule has 0 saturated carbocycles. The van der Waals surface area contributed by atoms with Crippen LogP contribution in [0.3, 0.4) is 0 Å². The van der Waals surface area contributed by atoms with Crippen LogP contribution in [0.15, 0.2) is 27.1 Å². The Bertz CT molecular complexity index is 332. The topological polar surface area (TPSA) is 29.5 Å². The number of ether oxygens (including phenoxy) is 1. The average molecular weight is 261 g/mol. The minimum atomic E-state index is -0.608. The van der Waals surface area contributed by atoms with Crippen molar-refractivity contribution in [3.63, 3.8) is 0 Å². The first kappa shape index (κ1) is 9.24. The smallest absolute Gasteiger partial charge is 0.138 e. The van der Waals surface area contributed by atoms with Crippen LogP contribution in [0, 0.1) is 0 Å². The number of hydrogen-bond donors (Lipinski definition) is 1. The summed E-state index contributed by atoms with van der Waals surface area (Å²) in [6.45, 7) is 0.689. The molecule has 1 aromatic rings. The van der Waals surface area contributed by atoms with Gasteiger partial charge < -0.3 is 9.84 Å². The number of halogens is 1. The number of thiophene rings is 1. The molecule has 1 aliphatic heterocycles. The van der Waals surface area contributed by atoms with Crippen LogP contribution in [0.4, 0.5) is 0 Å². The largest absolute Gasteiger partial charge is 0.495 e. The lowest BCUT2D eigenvalue weighted by atomic mass is 10.1. The molecule has 0 bridgehead atoms. The number of hydrogen-bond acceptors (Lipinski definition) is 3. The highest BCUT2D eigenvalue weighted by atomic mass is 79.9. The van der Waals surface area contributed by atoms with Crippen LogP contribution in [0.5, 0.6) is 0 Å². The fraction of sp³-hybridized carbons (Fsp3) is 0.333. The zero-order valence-electron chi connectivity index (χ0n) is 6.87. The lowest BCUT2D eigenvalue weighted by molar-refractivity contribution is 0.119. The van der Waals surface area contributed by atoms with Crippen molar-refractivity contribution >= 4 is 27.3 Å². The quantitative estimate of drug-likeness (QED) is 0.887. The van der Waals surface area contributed by atoms with Crippen LogP contribution < -0.4 is 0 Å². The van der Waals surface area contributed by atoms with E-state index >= 15 is 0 Å². The monoisotopic (exact) mass is 260 g/mol. The Labute approximate surface area is 89.0 Å². The van der Waals surface area contributed by atoms with Crippen molar-refractivity contribution in [2.75, 3.05) is 6.61 Å². The molecule has 2 heterocycles. The average Bonchev–Trinajstić information content (AvgIpc) is 2.72. The highest BCUT2D eigenvalue weighted by Crippen LogP contribution is 2.33. The van der Waals surface area contributed by atoms with Gasteiger partial charge in [0.25, 0.3) is 0 Å². The van der Waals surface area contributed by atoms with Crippen molar-refractivity contribution in [2.45, 2.75) is 12.5 Å². The van der Waals surface area contributed by atoms with Gasteiger partial charge in [0.05, 0.1) is 6.61 Å². The van der Waals surface area contributed by atoms with E-state index in [0.717, 1.165) is 16.5 Å². The molecule has 0 saturated heterocycles. The second-order valence-electron chi connectivity index (χ2n) is 2.82. The van der Waals surface area contributed by atoms with Crippen LogP contribution in [0.2, 0.25) is 0 Å². The zero-order chi connectivity index (χ0) is 9.26. The van der Waals surface area contributed by atoms with Crippen molar-refractivity contribution < 1.29 is 9.84 Å². The summed E-state index contributed by atoms with van der Waals surface area (Å²) >= 11 is 4.95. The summed E-state index contributed by atoms with van der Waals surface area (Å²) in [5, 5.41) is 13.8. The molecule has 13 heavy (non-hydrogen) atoms. The molecule has 1 aliphatic rings. The third-order valence-electron chi connectivity index (χ3n) is 1.94. The normalized spacial score (nSPS) is 18.2. The van der Waals surface area contributed by atoms with Crippen molar-refractivity contribution in [1.29, 1.82) is 0 Å². The molecule has 0 amide bonds. The van der Waals surface area contributed by atoms with E-state index in [2.05, 4.69) is 15.9 Å². The fourth-order valence-electron chi connectivity index (χ4n) is 1.27. The Morgan fingerprint density at radius 2 is 2.38 bits per heavy atom. The van der Waals surface area contributed by atoms with E-state index in [1.165, 1.54) is 0 Å². The Hall–Kier alpha value is -0.320. The van der Waals surface area contributed by atoms with Crippen LogP contribution >= 0.6 is 27.3 Å². The Morgan fingerprint density at radius 3 is 2.92 bits per heavy atom. The fourth-order valence-corrected chi connectivity index (χ4v) is 2.80. The van der Waals surface area contributed by atoms with Gasteiger partial charge in [-0.25, -0.2) is 0 Å². The van der Waals surface area contributed by atoms with Gasteiger partial charge in [-0.05, 0) is 27.4 Å². The SMILES string of the molecule is OC(C1=CCCO1)c1cscc1Br. The summed E-state index contributed by atoms with van der Waals surface area (Å²) in [7, 11) is 0. The molecule has 0 spiro atoms. The van der Waals surface area contributed by atoms with Crippen molar-refractivity contribution in [3.8, 4) is 0 Å². The second kappa shape index (κ2) is 3.82. The first-order chi connectivity index (χ1) is 6.29. The molecule has 1 N–H and O–H groups in total. The maximum atomic E-state index is 9.87. The molecule has 4 heteroatoms. The molecule has 2 nitrogen and oxygen atoms in total. The van der Waals surface area contributed by atoms with Gasteiger partial charge in [0.15, 0.2) is 0 Å². The van der Waals surface area contributed by atoms with Gasteiger partial charge in [0.1, 0.15) is 11.9 Å². The van der Waals surface area contributed by atoms with Gasteiger partial charge in [-0.2, -0.15) is 11.3 Å². The van der Waals surface area contributed by atoms with E-state index < -0.39 is 6.10 Å². The van der Waals surface area contributed by atoms with Crippen molar-refractivity contribution in [2.24, 2.45) is 0 Å². The summed E-state index contributed by atoms with van der Waals surface area (Å²) < 4.78 is 6.23. The minimum absolute atomic E-state index is 0.608. The summed E-state index contributed by atoms with van der Waals surface area (Å²) in [4.78, 5) is 0. The number of rotatable bonds is 2. The molecule has 70 valence electrons. The Kier molecular flexibility index (Phi) is 2.71. The number of aliphatic hydroxyl groups excluding tert-OH is 1. The maximum Gasteiger partial charge on any atom is 0.138 e. The van der Waals surface area contributed by atoms with E-state index in [4.69, 9.17) is 4.74 Å². The summed E-state index contributed by atoms with van der Waals surface area (Å²) in [6.07, 6.45) is 2.23. The highest BCUT2D eigenvalue weighted by molar-refractivity contribution is 9.10. The molecule has 0 aliphatic carbocycles.